The molecule has 0 saturated carbocycles. The summed E-state index contributed by atoms with van der Waals surface area (Å²) in [4.78, 5) is 8.95. The van der Waals surface area contributed by atoms with Crippen molar-refractivity contribution in [2.24, 2.45) is 0 Å². The first-order valence-corrected chi connectivity index (χ1v) is 9.19. The van der Waals surface area contributed by atoms with Crippen molar-refractivity contribution >= 4 is 22.1 Å². The summed E-state index contributed by atoms with van der Waals surface area (Å²) in [5, 5.41) is 0.794. The minimum Gasteiger partial charge on any atom is -0.437 e. The van der Waals surface area contributed by atoms with Crippen LogP contribution in [0, 0.1) is 20.7 Å². The second-order valence-electron chi connectivity index (χ2n) is 7.47. The third kappa shape index (κ3) is 2.90. The molecule has 0 bridgehead atoms. The molecule has 144 valence electrons. The maximum atomic E-state index is 8.72. The van der Waals surface area contributed by atoms with Crippen molar-refractivity contribution in [1.29, 1.82) is 0 Å². The second kappa shape index (κ2) is 6.73. The van der Waals surface area contributed by atoms with Gasteiger partial charge in [0, 0.05) is 33.8 Å². The molecule has 0 aliphatic rings. The lowest BCUT2D eigenvalue weighted by atomic mass is 9.92. The van der Waals surface area contributed by atoms with E-state index < -0.39 is 25.5 Å². The van der Waals surface area contributed by atoms with Gasteiger partial charge < -0.3 is 4.42 Å². The second-order valence-corrected chi connectivity index (χ2v) is 7.47. The molecule has 4 aromatic rings. The first-order chi connectivity index (χ1) is 16.3. The van der Waals surface area contributed by atoms with Gasteiger partial charge in [-0.25, -0.2) is 4.98 Å². The monoisotopic (exact) mass is 380 g/mol. The number of hydrogen-bond donors (Lipinski definition) is 0. The lowest BCUT2D eigenvalue weighted by Crippen LogP contribution is -1.96. The Morgan fingerprint density at radius 1 is 1.00 bits per heavy atom. The van der Waals surface area contributed by atoms with Crippen LogP contribution >= 0.6 is 0 Å². The Morgan fingerprint density at radius 3 is 2.54 bits per heavy atom. The van der Waals surface area contributed by atoms with Gasteiger partial charge in [-0.3, -0.25) is 4.98 Å². The van der Waals surface area contributed by atoms with Crippen LogP contribution in [-0.2, 0) is 0 Å². The van der Waals surface area contributed by atoms with Crippen LogP contribution in [0.4, 0.5) is 0 Å². The highest BCUT2D eigenvalue weighted by Crippen LogP contribution is 2.41. The molecular weight excluding hydrogens is 344 g/mol. The third-order valence-electron chi connectivity index (χ3n) is 5.04. The van der Waals surface area contributed by atoms with Gasteiger partial charge in [-0.05, 0) is 72.9 Å². The van der Waals surface area contributed by atoms with Gasteiger partial charge in [-0.1, -0.05) is 33.7 Å². The van der Waals surface area contributed by atoms with Crippen LogP contribution in [0.1, 0.15) is 78.3 Å². The van der Waals surface area contributed by atoms with E-state index in [0.717, 1.165) is 0 Å². The van der Waals surface area contributed by atoms with Crippen LogP contribution in [0.2, 0.25) is 0 Å². The number of nitrogens with zero attached hydrogens (tertiary/aromatic N) is 2. The first kappa shape index (κ1) is 11.4. The summed E-state index contributed by atoms with van der Waals surface area (Å²) < 4.78 is 71.5. The maximum Gasteiger partial charge on any atom is 0.227 e. The molecule has 1 aromatic carbocycles. The van der Waals surface area contributed by atoms with Crippen molar-refractivity contribution in [1.82, 2.24) is 9.97 Å². The summed E-state index contributed by atoms with van der Waals surface area (Å²) in [5.74, 6) is -2.96. The van der Waals surface area contributed by atoms with Gasteiger partial charge in [0.1, 0.15) is 5.58 Å². The zero-order valence-corrected chi connectivity index (χ0v) is 16.7. The molecule has 0 fully saturated rings. The summed E-state index contributed by atoms with van der Waals surface area (Å²) in [6.45, 7) is 3.16. The summed E-state index contributed by atoms with van der Waals surface area (Å²) >= 11 is 0. The molecule has 1 unspecified atom stereocenters. The number of aromatic nitrogens is 2. The average molecular weight is 381 g/mol. The highest BCUT2D eigenvalue weighted by molar-refractivity contribution is 6.11. The smallest absolute Gasteiger partial charge is 0.227 e. The quantitative estimate of drug-likeness (QED) is 0.377. The minimum absolute atomic E-state index is 0.0880. The molecule has 0 aliphatic carbocycles. The molecule has 0 spiro atoms. The molecule has 4 rings (SSSR count). The first-order valence-electron chi connectivity index (χ1n) is 13.2. The van der Waals surface area contributed by atoms with Crippen molar-refractivity contribution in [2.75, 3.05) is 0 Å². The normalized spacial score (nSPS) is 19.6. The summed E-state index contributed by atoms with van der Waals surface area (Å²) in [6.07, 6.45) is 1.52. The van der Waals surface area contributed by atoms with Crippen LogP contribution in [0.5, 0.6) is 0 Å². The van der Waals surface area contributed by atoms with E-state index in [1.54, 1.807) is 45.9 Å². The number of hydrogen-bond acceptors (Lipinski definition) is 3. The number of pyridine rings is 2. The van der Waals surface area contributed by atoms with Crippen molar-refractivity contribution in [2.45, 2.75) is 60.1 Å². The summed E-state index contributed by atoms with van der Waals surface area (Å²) in [6, 6.07) is 6.57. The van der Waals surface area contributed by atoms with Gasteiger partial charge >= 0.3 is 0 Å². The molecule has 0 N–H and O–H groups in total. The summed E-state index contributed by atoms with van der Waals surface area (Å²) in [7, 11) is 0. The largest absolute Gasteiger partial charge is 0.437 e. The predicted molar refractivity (Wildman–Crippen MR) is 117 cm³/mol. The Balaban J connectivity index is 2.14. The van der Waals surface area contributed by atoms with E-state index in [1.807, 2.05) is 0 Å². The van der Waals surface area contributed by atoms with Gasteiger partial charge in [0.2, 0.25) is 5.71 Å². The third-order valence-corrected chi connectivity index (χ3v) is 5.04. The Labute approximate surface area is 178 Å². The highest BCUT2D eigenvalue weighted by Gasteiger charge is 2.21. The number of furan rings is 1. The van der Waals surface area contributed by atoms with Crippen LogP contribution in [0.15, 0.2) is 34.9 Å². The number of benzene rings is 1. The van der Waals surface area contributed by atoms with E-state index in [4.69, 9.17) is 15.4 Å². The molecule has 1 atom stereocenters. The molecule has 3 aromatic heterocycles. The average Bonchev–Trinajstić information content (AvgIpc) is 3.09. The van der Waals surface area contributed by atoms with Crippen LogP contribution in [-0.4, -0.2) is 9.97 Å². The van der Waals surface area contributed by atoms with Crippen molar-refractivity contribution in [3.63, 3.8) is 0 Å². The number of rotatable bonds is 3. The SMILES string of the molecule is [2H]C([2H])([2H])c1cc(C)nc2oc3c(-c4cc(C([2H])(C)C([2H])([2H])[2H])c(C)cn4)ccc(C([2H])(C)C)c3c12. The molecule has 0 amide bonds. The molecule has 3 heterocycles. The number of aryl methyl sites for hydroxylation is 3. The van der Waals surface area contributed by atoms with E-state index in [-0.39, 0.29) is 11.3 Å². The van der Waals surface area contributed by atoms with Gasteiger partial charge in [-0.15, -0.1) is 0 Å². The molecule has 28 heavy (non-hydrogen) atoms. The van der Waals surface area contributed by atoms with E-state index in [1.165, 1.54) is 19.2 Å². The Kier molecular flexibility index (Phi) is 2.73. The molecule has 0 radical (unpaired) electrons. The molecule has 0 saturated heterocycles. The fourth-order valence-electron chi connectivity index (χ4n) is 3.69. The topological polar surface area (TPSA) is 38.9 Å². The van der Waals surface area contributed by atoms with Crippen LogP contribution in [0.25, 0.3) is 33.3 Å². The van der Waals surface area contributed by atoms with Crippen molar-refractivity contribution in [3.05, 3.63) is 58.4 Å². The lowest BCUT2D eigenvalue weighted by Gasteiger charge is -2.13. The zero-order chi connectivity index (χ0) is 27.0. The Morgan fingerprint density at radius 2 is 1.82 bits per heavy atom. The van der Waals surface area contributed by atoms with Gasteiger partial charge in [0.05, 0.1) is 11.1 Å². The van der Waals surface area contributed by atoms with Gasteiger partial charge in [0.15, 0.2) is 0 Å². The Bertz CT molecular complexity index is 1490. The predicted octanol–water partition coefficient (Wildman–Crippen LogP) is 7.22. The van der Waals surface area contributed by atoms with Gasteiger partial charge in [0.25, 0.3) is 0 Å². The van der Waals surface area contributed by atoms with Crippen molar-refractivity contribution < 1.29 is 15.4 Å². The van der Waals surface area contributed by atoms with Crippen molar-refractivity contribution in [3.8, 4) is 11.3 Å². The molecule has 0 aliphatic heterocycles. The van der Waals surface area contributed by atoms with E-state index in [0.29, 0.717) is 50.0 Å². The highest BCUT2D eigenvalue weighted by atomic mass is 16.3. The van der Waals surface area contributed by atoms with E-state index >= 15 is 0 Å². The zero-order valence-electron chi connectivity index (χ0n) is 24.7. The minimum atomic E-state index is -2.57. The number of fused-ring (bicyclic) bond motifs is 3. The maximum absolute atomic E-state index is 8.72. The van der Waals surface area contributed by atoms with Crippen LogP contribution < -0.4 is 0 Å². The Hall–Kier alpha value is -2.68. The van der Waals surface area contributed by atoms with Gasteiger partial charge in [-0.2, -0.15) is 0 Å². The molecular formula is C25H28N2O. The van der Waals surface area contributed by atoms with E-state index in [2.05, 4.69) is 9.97 Å². The van der Waals surface area contributed by atoms with Crippen LogP contribution in [0.3, 0.4) is 0 Å². The standard InChI is InChI=1S/C25H28N2O/c1-13(2)18-8-9-19(21-11-20(14(3)4)16(6)12-26-21)24-23(18)22-15(5)10-17(7)27-25(22)28-24/h8-14H,1-7H3/i3D3,5D3,13D,14D. The lowest BCUT2D eigenvalue weighted by molar-refractivity contribution is 0.652. The van der Waals surface area contributed by atoms with E-state index in [9.17, 15) is 0 Å². The fourth-order valence-corrected chi connectivity index (χ4v) is 3.69. The fraction of sp³-hybridized carbons (Fsp3) is 0.360. The summed E-state index contributed by atoms with van der Waals surface area (Å²) in [5.41, 5.74) is 3.35. The molecule has 3 heteroatoms. The molecule has 3 nitrogen and oxygen atoms in total.